The molecule has 0 aliphatic carbocycles. The van der Waals surface area contributed by atoms with Gasteiger partial charge in [-0.2, -0.15) is 0 Å². The summed E-state index contributed by atoms with van der Waals surface area (Å²) in [6, 6.07) is 0. The highest BCUT2D eigenvalue weighted by atomic mass is 16.5. The number of carbonyl (C=O) groups is 1. The van der Waals surface area contributed by atoms with E-state index in [1.807, 2.05) is 13.8 Å². The van der Waals surface area contributed by atoms with Gasteiger partial charge in [-0.05, 0) is 19.3 Å². The molecule has 1 atom stereocenters. The van der Waals surface area contributed by atoms with Gasteiger partial charge in [0.25, 0.3) is 5.91 Å². The molecule has 0 aromatic rings. The van der Waals surface area contributed by atoms with E-state index >= 15 is 0 Å². The van der Waals surface area contributed by atoms with E-state index in [9.17, 15) is 4.79 Å². The molecule has 0 saturated heterocycles. The molecule has 1 amide bonds. The summed E-state index contributed by atoms with van der Waals surface area (Å²) in [5.41, 5.74) is -0.675. The number of carbonyl (C=O) groups excluding carboxylic acids is 1. The Morgan fingerprint density at radius 2 is 1.87 bits per heavy atom. The maximum atomic E-state index is 11.8. The zero-order valence-corrected chi connectivity index (χ0v) is 10.7. The van der Waals surface area contributed by atoms with E-state index in [0.717, 1.165) is 19.4 Å². The van der Waals surface area contributed by atoms with E-state index in [1.165, 1.54) is 0 Å². The molecule has 1 N–H and O–H groups in total. The van der Waals surface area contributed by atoms with E-state index in [-0.39, 0.29) is 5.91 Å². The number of hydrogen-bond acceptors (Lipinski definition) is 2. The van der Waals surface area contributed by atoms with Gasteiger partial charge in [-0.1, -0.05) is 33.6 Å². The van der Waals surface area contributed by atoms with Gasteiger partial charge in [0.15, 0.2) is 0 Å². The first kappa shape index (κ1) is 14.4. The molecule has 3 heteroatoms. The lowest BCUT2D eigenvalue weighted by molar-refractivity contribution is -0.142. The summed E-state index contributed by atoms with van der Waals surface area (Å²) in [4.78, 5) is 11.8. The topological polar surface area (TPSA) is 38.3 Å². The van der Waals surface area contributed by atoms with E-state index in [0.29, 0.717) is 12.3 Å². The zero-order chi connectivity index (χ0) is 11.9. The minimum Gasteiger partial charge on any atom is -0.369 e. The summed E-state index contributed by atoms with van der Waals surface area (Å²) in [5.74, 6) is 0.575. The fraction of sp³-hybridized carbons (Fsp3) is 0.917. The molecule has 0 saturated carbocycles. The number of amides is 1. The molecule has 0 aliphatic rings. The van der Waals surface area contributed by atoms with Crippen LogP contribution in [-0.2, 0) is 9.53 Å². The van der Waals surface area contributed by atoms with Gasteiger partial charge in [0.05, 0.1) is 0 Å². The maximum Gasteiger partial charge on any atom is 0.251 e. The fourth-order valence-corrected chi connectivity index (χ4v) is 1.40. The summed E-state index contributed by atoms with van der Waals surface area (Å²) in [7, 11) is 1.58. The zero-order valence-electron chi connectivity index (χ0n) is 10.7. The average molecular weight is 215 g/mol. The minimum atomic E-state index is -0.675. The lowest BCUT2D eigenvalue weighted by Gasteiger charge is -2.26. The van der Waals surface area contributed by atoms with E-state index in [1.54, 1.807) is 7.11 Å². The average Bonchev–Trinajstić information content (AvgIpc) is 2.29. The van der Waals surface area contributed by atoms with Gasteiger partial charge in [-0.15, -0.1) is 0 Å². The molecular formula is C12H25NO2. The molecule has 90 valence electrons. The quantitative estimate of drug-likeness (QED) is 0.708. The number of ether oxygens (including phenoxy) is 1. The smallest absolute Gasteiger partial charge is 0.251 e. The molecule has 0 aliphatic heterocycles. The monoisotopic (exact) mass is 215 g/mol. The van der Waals surface area contributed by atoms with Crippen LogP contribution < -0.4 is 5.32 Å². The molecule has 0 radical (unpaired) electrons. The molecule has 1 unspecified atom stereocenters. The Bertz CT molecular complexity index is 184. The van der Waals surface area contributed by atoms with E-state index < -0.39 is 5.60 Å². The van der Waals surface area contributed by atoms with Crippen LogP contribution in [0.3, 0.4) is 0 Å². The Labute approximate surface area is 93.6 Å². The highest BCUT2D eigenvalue weighted by Crippen LogP contribution is 2.14. The summed E-state index contributed by atoms with van der Waals surface area (Å²) in [5, 5.41) is 2.96. The molecule has 15 heavy (non-hydrogen) atoms. The summed E-state index contributed by atoms with van der Waals surface area (Å²) >= 11 is 0. The molecule has 0 rings (SSSR count). The predicted molar refractivity (Wildman–Crippen MR) is 62.8 cm³/mol. The Balaban J connectivity index is 4.12. The summed E-state index contributed by atoms with van der Waals surface area (Å²) < 4.78 is 5.24. The van der Waals surface area contributed by atoms with Gasteiger partial charge < -0.3 is 10.1 Å². The Kier molecular flexibility index (Phi) is 6.57. The van der Waals surface area contributed by atoms with Crippen molar-refractivity contribution in [3.8, 4) is 0 Å². The van der Waals surface area contributed by atoms with Crippen LogP contribution in [0.4, 0.5) is 0 Å². The Morgan fingerprint density at radius 1 is 1.33 bits per heavy atom. The van der Waals surface area contributed by atoms with Crippen LogP contribution in [0.2, 0.25) is 0 Å². The van der Waals surface area contributed by atoms with Gasteiger partial charge in [-0.3, -0.25) is 4.79 Å². The van der Waals surface area contributed by atoms with Crippen molar-refractivity contribution in [2.75, 3.05) is 13.7 Å². The van der Waals surface area contributed by atoms with Crippen molar-refractivity contribution in [2.45, 2.75) is 52.6 Å². The third-order valence-corrected chi connectivity index (χ3v) is 3.31. The Morgan fingerprint density at radius 3 is 2.20 bits per heavy atom. The van der Waals surface area contributed by atoms with Gasteiger partial charge >= 0.3 is 0 Å². The van der Waals surface area contributed by atoms with Gasteiger partial charge in [0.1, 0.15) is 5.60 Å². The molecule has 0 aromatic heterocycles. The number of hydrogen-bond donors (Lipinski definition) is 1. The van der Waals surface area contributed by atoms with Crippen LogP contribution in [0.1, 0.15) is 47.0 Å². The van der Waals surface area contributed by atoms with Gasteiger partial charge in [0.2, 0.25) is 0 Å². The molecule has 3 nitrogen and oxygen atoms in total. The molecule has 0 bridgehead atoms. The van der Waals surface area contributed by atoms with Crippen molar-refractivity contribution < 1.29 is 9.53 Å². The predicted octanol–water partition coefficient (Wildman–Crippen LogP) is 2.35. The number of methoxy groups -OCH3 is 1. The second-order valence-corrected chi connectivity index (χ2v) is 4.18. The maximum absolute atomic E-state index is 11.8. The lowest BCUT2D eigenvalue weighted by atomic mass is 10.00. The molecule has 0 fully saturated rings. The highest BCUT2D eigenvalue weighted by molar-refractivity contribution is 5.84. The standard InChI is InChI=1S/C12H25NO2/c1-6-10(7-2)9-13-11(14)12(4,8-3)15-5/h10H,6-9H2,1-5H3,(H,13,14). The van der Waals surface area contributed by atoms with Crippen molar-refractivity contribution in [1.82, 2.24) is 5.32 Å². The largest absolute Gasteiger partial charge is 0.369 e. The molecule has 0 aromatic carbocycles. The van der Waals surface area contributed by atoms with Crippen LogP contribution in [0.25, 0.3) is 0 Å². The normalized spacial score (nSPS) is 15.1. The lowest BCUT2D eigenvalue weighted by Crippen LogP contribution is -2.46. The second kappa shape index (κ2) is 6.83. The first-order chi connectivity index (χ1) is 7.03. The highest BCUT2D eigenvalue weighted by Gasteiger charge is 2.30. The first-order valence-corrected chi connectivity index (χ1v) is 5.87. The van der Waals surface area contributed by atoms with Crippen LogP contribution in [0, 0.1) is 5.92 Å². The van der Waals surface area contributed by atoms with Crippen molar-refractivity contribution in [3.05, 3.63) is 0 Å². The molecular weight excluding hydrogens is 190 g/mol. The molecule has 0 spiro atoms. The SMILES string of the molecule is CCC(CC)CNC(=O)C(C)(CC)OC. The number of rotatable bonds is 7. The Hall–Kier alpha value is -0.570. The summed E-state index contributed by atoms with van der Waals surface area (Å²) in [6.45, 7) is 8.84. The van der Waals surface area contributed by atoms with E-state index in [4.69, 9.17) is 4.74 Å². The van der Waals surface area contributed by atoms with Crippen molar-refractivity contribution in [3.63, 3.8) is 0 Å². The van der Waals surface area contributed by atoms with Crippen LogP contribution in [-0.4, -0.2) is 25.2 Å². The number of nitrogens with one attached hydrogen (secondary N) is 1. The van der Waals surface area contributed by atoms with Crippen LogP contribution in [0.15, 0.2) is 0 Å². The third-order valence-electron chi connectivity index (χ3n) is 3.31. The summed E-state index contributed by atoms with van der Waals surface area (Å²) in [6.07, 6.45) is 2.90. The van der Waals surface area contributed by atoms with Crippen LogP contribution in [0.5, 0.6) is 0 Å². The van der Waals surface area contributed by atoms with Crippen molar-refractivity contribution >= 4 is 5.91 Å². The van der Waals surface area contributed by atoms with Crippen LogP contribution >= 0.6 is 0 Å². The van der Waals surface area contributed by atoms with Crippen molar-refractivity contribution in [2.24, 2.45) is 5.92 Å². The molecule has 0 heterocycles. The van der Waals surface area contributed by atoms with Gasteiger partial charge in [0, 0.05) is 13.7 Å². The third kappa shape index (κ3) is 4.20. The van der Waals surface area contributed by atoms with Gasteiger partial charge in [-0.25, -0.2) is 0 Å². The van der Waals surface area contributed by atoms with E-state index in [2.05, 4.69) is 19.2 Å². The first-order valence-electron chi connectivity index (χ1n) is 5.87. The minimum absolute atomic E-state index is 0.000556. The second-order valence-electron chi connectivity index (χ2n) is 4.18. The fourth-order valence-electron chi connectivity index (χ4n) is 1.40. The van der Waals surface area contributed by atoms with Crippen molar-refractivity contribution in [1.29, 1.82) is 0 Å².